The van der Waals surface area contributed by atoms with E-state index < -0.39 is 15.6 Å². The normalized spacial score (nSPS) is 21.5. The standard InChI is InChI=1S/C6H9F3O3S/c1-5(2-3-5)4-12-13(10,11)6(7,8)9/h2-4H2,1H3. The summed E-state index contributed by atoms with van der Waals surface area (Å²) in [5.41, 5.74) is -5.68. The van der Waals surface area contributed by atoms with Crippen molar-refractivity contribution in [3.8, 4) is 0 Å². The molecule has 0 unspecified atom stereocenters. The van der Waals surface area contributed by atoms with Crippen LogP contribution < -0.4 is 0 Å². The molecule has 0 aromatic rings. The second-order valence-corrected chi connectivity index (χ2v) is 5.08. The van der Waals surface area contributed by atoms with Gasteiger partial charge in [-0.25, -0.2) is 0 Å². The van der Waals surface area contributed by atoms with Crippen LogP contribution in [0, 0.1) is 5.41 Å². The highest BCUT2D eigenvalue weighted by Gasteiger charge is 2.49. The number of alkyl halides is 3. The molecule has 0 aliphatic heterocycles. The summed E-state index contributed by atoms with van der Waals surface area (Å²) in [6.45, 7) is 1.30. The minimum atomic E-state index is -5.39. The van der Waals surface area contributed by atoms with Crippen LogP contribution in [-0.2, 0) is 14.3 Å². The van der Waals surface area contributed by atoms with Crippen molar-refractivity contribution in [2.75, 3.05) is 6.61 Å². The molecule has 1 saturated carbocycles. The van der Waals surface area contributed by atoms with Crippen molar-refractivity contribution in [3.63, 3.8) is 0 Å². The Morgan fingerprint density at radius 2 is 1.85 bits per heavy atom. The molecule has 7 heteroatoms. The van der Waals surface area contributed by atoms with E-state index in [-0.39, 0.29) is 12.0 Å². The Labute approximate surface area is 74.0 Å². The topological polar surface area (TPSA) is 43.4 Å². The zero-order chi connectivity index (χ0) is 10.3. The Bertz CT molecular complexity index is 289. The minimum Gasteiger partial charge on any atom is -0.263 e. The summed E-state index contributed by atoms with van der Waals surface area (Å²) < 4.78 is 59.8. The summed E-state index contributed by atoms with van der Waals surface area (Å²) >= 11 is 0. The van der Waals surface area contributed by atoms with Gasteiger partial charge in [0.05, 0.1) is 6.61 Å². The monoisotopic (exact) mass is 218 g/mol. The van der Waals surface area contributed by atoms with E-state index in [2.05, 4.69) is 4.18 Å². The van der Waals surface area contributed by atoms with Gasteiger partial charge in [0.15, 0.2) is 0 Å². The van der Waals surface area contributed by atoms with E-state index in [1.807, 2.05) is 0 Å². The van der Waals surface area contributed by atoms with Gasteiger partial charge in [0.25, 0.3) is 0 Å². The number of rotatable bonds is 3. The Morgan fingerprint density at radius 1 is 1.38 bits per heavy atom. The van der Waals surface area contributed by atoms with Crippen molar-refractivity contribution >= 4 is 10.1 Å². The van der Waals surface area contributed by atoms with Crippen LogP contribution in [0.2, 0.25) is 0 Å². The molecular weight excluding hydrogens is 209 g/mol. The molecule has 0 bridgehead atoms. The molecule has 78 valence electrons. The second-order valence-electron chi connectivity index (χ2n) is 3.47. The van der Waals surface area contributed by atoms with Crippen LogP contribution in [-0.4, -0.2) is 20.5 Å². The highest BCUT2D eigenvalue weighted by molar-refractivity contribution is 7.87. The third-order valence-corrected chi connectivity index (χ3v) is 2.94. The molecule has 0 amide bonds. The van der Waals surface area contributed by atoms with Gasteiger partial charge in [-0.05, 0) is 18.3 Å². The molecule has 0 atom stereocenters. The van der Waals surface area contributed by atoms with Crippen molar-refractivity contribution < 1.29 is 25.8 Å². The van der Waals surface area contributed by atoms with Gasteiger partial charge >= 0.3 is 15.6 Å². The lowest BCUT2D eigenvalue weighted by molar-refractivity contribution is -0.0551. The van der Waals surface area contributed by atoms with Gasteiger partial charge in [0, 0.05) is 0 Å². The molecule has 0 radical (unpaired) electrons. The van der Waals surface area contributed by atoms with Crippen LogP contribution in [0.5, 0.6) is 0 Å². The summed E-state index contributed by atoms with van der Waals surface area (Å²) in [4.78, 5) is 0. The maximum atomic E-state index is 11.7. The summed E-state index contributed by atoms with van der Waals surface area (Å²) in [5, 5.41) is 0. The van der Waals surface area contributed by atoms with Crippen LogP contribution in [0.15, 0.2) is 0 Å². The van der Waals surface area contributed by atoms with Crippen LogP contribution in [0.1, 0.15) is 19.8 Å². The first-order chi connectivity index (χ1) is 5.66. The predicted octanol–water partition coefficient (Wildman–Crippen LogP) is 1.65. The first-order valence-electron chi connectivity index (χ1n) is 3.62. The number of halogens is 3. The first-order valence-corrected chi connectivity index (χ1v) is 5.03. The average molecular weight is 218 g/mol. The summed E-state index contributed by atoms with van der Waals surface area (Å²) in [5.74, 6) is 0. The quantitative estimate of drug-likeness (QED) is 0.534. The SMILES string of the molecule is CC1(COS(=O)(=O)C(F)(F)F)CC1. The molecule has 1 rings (SSSR count). The van der Waals surface area contributed by atoms with E-state index in [1.165, 1.54) is 0 Å². The molecule has 0 N–H and O–H groups in total. The number of hydrogen-bond donors (Lipinski definition) is 0. The van der Waals surface area contributed by atoms with Gasteiger partial charge in [-0.15, -0.1) is 0 Å². The van der Waals surface area contributed by atoms with Crippen molar-refractivity contribution in [1.82, 2.24) is 0 Å². The highest BCUT2D eigenvalue weighted by Crippen LogP contribution is 2.45. The van der Waals surface area contributed by atoms with Gasteiger partial charge in [-0.3, -0.25) is 4.18 Å². The molecule has 3 nitrogen and oxygen atoms in total. The largest absolute Gasteiger partial charge is 0.523 e. The van der Waals surface area contributed by atoms with Crippen LogP contribution in [0.25, 0.3) is 0 Å². The van der Waals surface area contributed by atoms with E-state index in [0.29, 0.717) is 12.8 Å². The predicted molar refractivity (Wildman–Crippen MR) is 38.3 cm³/mol. The Hall–Kier alpha value is -0.300. The van der Waals surface area contributed by atoms with Crippen molar-refractivity contribution in [2.24, 2.45) is 5.41 Å². The fourth-order valence-electron chi connectivity index (χ4n) is 0.644. The lowest BCUT2D eigenvalue weighted by Crippen LogP contribution is -2.27. The van der Waals surface area contributed by atoms with Crippen LogP contribution in [0.3, 0.4) is 0 Å². The second kappa shape index (κ2) is 2.84. The molecule has 1 aliphatic carbocycles. The van der Waals surface area contributed by atoms with E-state index >= 15 is 0 Å². The van der Waals surface area contributed by atoms with Gasteiger partial charge < -0.3 is 0 Å². The summed E-state index contributed by atoms with van der Waals surface area (Å²) in [7, 11) is -5.39. The van der Waals surface area contributed by atoms with Gasteiger partial charge in [-0.1, -0.05) is 6.92 Å². The van der Waals surface area contributed by atoms with Crippen LogP contribution in [0.4, 0.5) is 13.2 Å². The highest BCUT2D eigenvalue weighted by atomic mass is 32.2. The average Bonchev–Trinajstić information content (AvgIpc) is 2.63. The van der Waals surface area contributed by atoms with Crippen LogP contribution >= 0.6 is 0 Å². The van der Waals surface area contributed by atoms with Crippen molar-refractivity contribution in [1.29, 1.82) is 0 Å². The van der Waals surface area contributed by atoms with E-state index in [1.54, 1.807) is 6.92 Å². The third kappa shape index (κ3) is 2.57. The fourth-order valence-corrected chi connectivity index (χ4v) is 1.22. The van der Waals surface area contributed by atoms with E-state index in [9.17, 15) is 21.6 Å². The molecule has 0 heterocycles. The van der Waals surface area contributed by atoms with Gasteiger partial charge in [-0.2, -0.15) is 21.6 Å². The van der Waals surface area contributed by atoms with Gasteiger partial charge in [0.1, 0.15) is 0 Å². The maximum absolute atomic E-state index is 11.7. The maximum Gasteiger partial charge on any atom is 0.523 e. The molecule has 0 spiro atoms. The zero-order valence-corrected chi connectivity index (χ0v) is 7.70. The Balaban J connectivity index is 2.53. The molecule has 0 aromatic carbocycles. The smallest absolute Gasteiger partial charge is 0.263 e. The number of hydrogen-bond acceptors (Lipinski definition) is 3. The molecular formula is C6H9F3O3S. The zero-order valence-electron chi connectivity index (χ0n) is 6.89. The Kier molecular flexibility index (Phi) is 2.36. The molecule has 1 aliphatic rings. The summed E-state index contributed by atoms with van der Waals surface area (Å²) in [6, 6.07) is 0. The van der Waals surface area contributed by atoms with Crippen molar-refractivity contribution in [3.05, 3.63) is 0 Å². The van der Waals surface area contributed by atoms with Crippen molar-refractivity contribution in [2.45, 2.75) is 25.3 Å². The minimum absolute atomic E-state index is 0.377. The van der Waals surface area contributed by atoms with E-state index in [0.717, 1.165) is 0 Å². The van der Waals surface area contributed by atoms with Gasteiger partial charge in [0.2, 0.25) is 0 Å². The molecule has 13 heavy (non-hydrogen) atoms. The molecule has 0 saturated heterocycles. The molecule has 1 fully saturated rings. The molecule has 0 aromatic heterocycles. The fraction of sp³-hybridized carbons (Fsp3) is 1.00. The lowest BCUT2D eigenvalue weighted by Gasteiger charge is -2.11. The Morgan fingerprint density at radius 3 is 2.15 bits per heavy atom. The first kappa shape index (κ1) is 10.8. The summed E-state index contributed by atoms with van der Waals surface area (Å²) in [6.07, 6.45) is 1.42. The lowest BCUT2D eigenvalue weighted by atomic mass is 10.2. The third-order valence-electron chi connectivity index (χ3n) is 1.95. The van der Waals surface area contributed by atoms with E-state index in [4.69, 9.17) is 0 Å².